The van der Waals surface area contributed by atoms with Crippen LogP contribution < -0.4 is 10.1 Å². The van der Waals surface area contributed by atoms with E-state index in [1.54, 1.807) is 6.20 Å². The maximum Gasteiger partial charge on any atom is 0.255 e. The van der Waals surface area contributed by atoms with Crippen LogP contribution in [0, 0.1) is 0 Å². The van der Waals surface area contributed by atoms with Gasteiger partial charge in [0.15, 0.2) is 0 Å². The molecule has 3 aromatic rings. The quantitative estimate of drug-likeness (QED) is 0.653. The number of amides is 1. The maximum absolute atomic E-state index is 12.5. The smallest absolute Gasteiger partial charge is 0.255 e. The fourth-order valence-electron chi connectivity index (χ4n) is 2.47. The molecule has 0 aliphatic rings. The van der Waals surface area contributed by atoms with Gasteiger partial charge < -0.3 is 10.1 Å². The van der Waals surface area contributed by atoms with Crippen molar-refractivity contribution in [2.24, 2.45) is 0 Å². The summed E-state index contributed by atoms with van der Waals surface area (Å²) in [6, 6.07) is 15.4. The van der Waals surface area contributed by atoms with Crippen LogP contribution in [0.3, 0.4) is 0 Å². The highest BCUT2D eigenvalue weighted by Gasteiger charge is 2.15. The first-order valence-electron chi connectivity index (χ1n) is 7.96. The van der Waals surface area contributed by atoms with Crippen molar-refractivity contribution in [3.8, 4) is 17.0 Å². The number of rotatable bonds is 6. The molecule has 25 heavy (non-hydrogen) atoms. The minimum Gasteiger partial charge on any atom is -0.494 e. The number of carbonyl (C=O) groups is 1. The van der Waals surface area contributed by atoms with E-state index in [0.717, 1.165) is 21.3 Å². The van der Waals surface area contributed by atoms with Gasteiger partial charge >= 0.3 is 0 Å². The van der Waals surface area contributed by atoms with Gasteiger partial charge in [-0.15, -0.1) is 0 Å². The molecular weight excluding hydrogens is 382 g/mol. The van der Waals surface area contributed by atoms with Crippen molar-refractivity contribution < 1.29 is 9.53 Å². The predicted molar refractivity (Wildman–Crippen MR) is 101 cm³/mol. The normalized spacial score (nSPS) is 10.5. The largest absolute Gasteiger partial charge is 0.494 e. The van der Waals surface area contributed by atoms with Crippen LogP contribution in [-0.2, 0) is 6.54 Å². The van der Waals surface area contributed by atoms with Crippen molar-refractivity contribution in [3.63, 3.8) is 0 Å². The molecule has 1 amide bonds. The predicted octanol–water partition coefficient (Wildman–Crippen LogP) is 4.17. The molecule has 0 aliphatic carbocycles. The Hall–Kier alpha value is -2.60. The highest BCUT2D eigenvalue weighted by Crippen LogP contribution is 2.24. The van der Waals surface area contributed by atoms with E-state index in [2.05, 4.69) is 31.4 Å². The number of ether oxygens (including phenoxy) is 1. The maximum atomic E-state index is 12.5. The molecular formula is C19H18BrN3O2. The van der Waals surface area contributed by atoms with Crippen LogP contribution in [0.2, 0.25) is 0 Å². The number of nitrogens with zero attached hydrogens (tertiary/aromatic N) is 1. The zero-order valence-electron chi connectivity index (χ0n) is 13.8. The second kappa shape index (κ2) is 7.98. The Balaban J connectivity index is 1.69. The summed E-state index contributed by atoms with van der Waals surface area (Å²) < 4.78 is 6.36. The summed E-state index contributed by atoms with van der Waals surface area (Å²) in [5, 5.41) is 9.85. The molecule has 0 spiro atoms. The van der Waals surface area contributed by atoms with Gasteiger partial charge in [-0.2, -0.15) is 5.10 Å². The van der Waals surface area contributed by atoms with Crippen LogP contribution in [-0.4, -0.2) is 22.7 Å². The van der Waals surface area contributed by atoms with Crippen LogP contribution >= 0.6 is 15.9 Å². The van der Waals surface area contributed by atoms with E-state index < -0.39 is 0 Å². The first-order chi connectivity index (χ1) is 12.2. The summed E-state index contributed by atoms with van der Waals surface area (Å²) in [5.41, 5.74) is 3.12. The molecule has 128 valence electrons. The molecule has 0 saturated heterocycles. The molecule has 0 saturated carbocycles. The number of halogens is 1. The standard InChI is InChI=1S/C19H18BrN3O2/c1-2-25-16-8-6-13(7-9-16)11-21-19(24)17-12-22-23-18(17)14-4-3-5-15(20)10-14/h3-10,12H,2,11H2,1H3,(H,21,24)(H,22,23). The Morgan fingerprint density at radius 2 is 2.04 bits per heavy atom. The third-order valence-corrected chi connectivity index (χ3v) is 4.18. The third kappa shape index (κ3) is 4.28. The molecule has 1 aromatic heterocycles. The van der Waals surface area contributed by atoms with Gasteiger partial charge in [-0.25, -0.2) is 0 Å². The number of aromatic nitrogens is 2. The SMILES string of the molecule is CCOc1ccc(CNC(=O)c2cn[nH]c2-c2cccc(Br)c2)cc1. The number of H-pyrrole nitrogens is 1. The van der Waals surface area contributed by atoms with Gasteiger partial charge in [0.05, 0.1) is 24.1 Å². The summed E-state index contributed by atoms with van der Waals surface area (Å²) in [5.74, 6) is 0.655. The van der Waals surface area contributed by atoms with E-state index in [4.69, 9.17) is 4.74 Å². The van der Waals surface area contributed by atoms with Crippen molar-refractivity contribution in [1.82, 2.24) is 15.5 Å². The molecule has 2 aromatic carbocycles. The van der Waals surface area contributed by atoms with Crippen molar-refractivity contribution in [3.05, 3.63) is 70.3 Å². The fourth-order valence-corrected chi connectivity index (χ4v) is 2.87. The molecule has 0 bridgehead atoms. The highest BCUT2D eigenvalue weighted by molar-refractivity contribution is 9.10. The molecule has 5 nitrogen and oxygen atoms in total. The molecule has 0 aliphatic heterocycles. The van der Waals surface area contributed by atoms with Crippen molar-refractivity contribution in [2.75, 3.05) is 6.61 Å². The van der Waals surface area contributed by atoms with Gasteiger partial charge in [-0.1, -0.05) is 40.2 Å². The molecule has 0 atom stereocenters. The Labute approximate surface area is 154 Å². The lowest BCUT2D eigenvalue weighted by Crippen LogP contribution is -2.22. The summed E-state index contributed by atoms with van der Waals surface area (Å²) in [4.78, 5) is 12.5. The molecule has 0 unspecified atom stereocenters. The fraction of sp³-hybridized carbons (Fsp3) is 0.158. The Bertz CT molecular complexity index is 859. The minimum absolute atomic E-state index is 0.169. The van der Waals surface area contributed by atoms with Crippen LogP contribution in [0.5, 0.6) is 5.75 Å². The van der Waals surface area contributed by atoms with E-state index >= 15 is 0 Å². The Kier molecular flexibility index (Phi) is 5.50. The second-order valence-corrected chi connectivity index (χ2v) is 6.34. The van der Waals surface area contributed by atoms with E-state index in [1.165, 1.54) is 0 Å². The van der Waals surface area contributed by atoms with E-state index in [9.17, 15) is 4.79 Å². The molecule has 6 heteroatoms. The average molecular weight is 400 g/mol. The number of aromatic amines is 1. The van der Waals surface area contributed by atoms with E-state index in [-0.39, 0.29) is 5.91 Å². The second-order valence-electron chi connectivity index (χ2n) is 5.43. The lowest BCUT2D eigenvalue weighted by Gasteiger charge is -2.08. The van der Waals surface area contributed by atoms with Gasteiger partial charge in [-0.3, -0.25) is 9.89 Å². The molecule has 0 radical (unpaired) electrons. The van der Waals surface area contributed by atoms with Gasteiger partial charge in [0, 0.05) is 16.6 Å². The molecule has 2 N–H and O–H groups in total. The number of hydrogen-bond donors (Lipinski definition) is 2. The van der Waals surface area contributed by atoms with Gasteiger partial charge in [-0.05, 0) is 36.8 Å². The molecule has 0 fully saturated rings. The van der Waals surface area contributed by atoms with Crippen LogP contribution in [0.25, 0.3) is 11.3 Å². The lowest BCUT2D eigenvalue weighted by atomic mass is 10.1. The summed E-state index contributed by atoms with van der Waals surface area (Å²) in [6.45, 7) is 3.02. The number of hydrogen-bond acceptors (Lipinski definition) is 3. The average Bonchev–Trinajstić information content (AvgIpc) is 3.11. The third-order valence-electron chi connectivity index (χ3n) is 3.68. The van der Waals surface area contributed by atoms with Crippen molar-refractivity contribution in [1.29, 1.82) is 0 Å². The van der Waals surface area contributed by atoms with Crippen LogP contribution in [0.15, 0.2) is 59.2 Å². The Morgan fingerprint density at radius 3 is 2.76 bits per heavy atom. The van der Waals surface area contributed by atoms with Crippen molar-refractivity contribution in [2.45, 2.75) is 13.5 Å². The first-order valence-corrected chi connectivity index (χ1v) is 8.76. The number of carbonyl (C=O) groups excluding carboxylic acids is 1. The minimum atomic E-state index is -0.169. The van der Waals surface area contributed by atoms with Gasteiger partial charge in [0.25, 0.3) is 5.91 Å². The van der Waals surface area contributed by atoms with Gasteiger partial charge in [0.2, 0.25) is 0 Å². The lowest BCUT2D eigenvalue weighted by molar-refractivity contribution is 0.0951. The van der Waals surface area contributed by atoms with E-state index in [0.29, 0.717) is 24.4 Å². The van der Waals surface area contributed by atoms with Gasteiger partial charge in [0.1, 0.15) is 5.75 Å². The monoisotopic (exact) mass is 399 g/mol. The molecule has 1 heterocycles. The van der Waals surface area contributed by atoms with Crippen LogP contribution in [0.1, 0.15) is 22.8 Å². The first kappa shape index (κ1) is 17.2. The summed E-state index contributed by atoms with van der Waals surface area (Å²) in [6.07, 6.45) is 1.55. The summed E-state index contributed by atoms with van der Waals surface area (Å²) >= 11 is 3.44. The topological polar surface area (TPSA) is 67.0 Å². The van der Waals surface area contributed by atoms with Crippen LogP contribution in [0.4, 0.5) is 0 Å². The molecule has 3 rings (SSSR count). The Morgan fingerprint density at radius 1 is 1.24 bits per heavy atom. The number of benzene rings is 2. The highest BCUT2D eigenvalue weighted by atomic mass is 79.9. The summed E-state index contributed by atoms with van der Waals surface area (Å²) in [7, 11) is 0. The zero-order valence-corrected chi connectivity index (χ0v) is 15.3. The van der Waals surface area contributed by atoms with Crippen molar-refractivity contribution >= 4 is 21.8 Å². The number of nitrogens with one attached hydrogen (secondary N) is 2. The zero-order chi connectivity index (χ0) is 17.6. The van der Waals surface area contributed by atoms with E-state index in [1.807, 2.05) is 55.5 Å².